The number of benzene rings is 1. The molecule has 0 spiro atoms. The number of hydrogen-bond donors (Lipinski definition) is 4. The molecule has 7 heteroatoms. The Morgan fingerprint density at radius 3 is 2.12 bits per heavy atom. The molecule has 24 heavy (non-hydrogen) atoms. The number of carboxylic acid groups (broad SMARTS) is 1. The molecule has 132 valence electrons. The minimum absolute atomic E-state index is 0.0647. The molecule has 0 aromatic heterocycles. The number of hydrogen-bond acceptors (Lipinski definition) is 4. The molecule has 0 saturated carbocycles. The van der Waals surface area contributed by atoms with Gasteiger partial charge in [-0.15, -0.1) is 0 Å². The number of aliphatic carboxylic acids is 1. The van der Waals surface area contributed by atoms with Gasteiger partial charge in [-0.05, 0) is 18.4 Å². The maximum absolute atomic E-state index is 12.1. The van der Waals surface area contributed by atoms with Crippen molar-refractivity contribution in [2.75, 3.05) is 0 Å². The zero-order chi connectivity index (χ0) is 18.3. The van der Waals surface area contributed by atoms with Gasteiger partial charge < -0.3 is 21.5 Å². The third-order valence-corrected chi connectivity index (χ3v) is 3.67. The van der Waals surface area contributed by atoms with Crippen LogP contribution in [0.25, 0.3) is 0 Å². The lowest BCUT2D eigenvalue weighted by molar-refractivity contribution is -0.142. The van der Waals surface area contributed by atoms with E-state index in [1.807, 2.05) is 6.07 Å². The molecule has 1 rings (SSSR count). The molecule has 3 atom stereocenters. The van der Waals surface area contributed by atoms with E-state index < -0.39 is 35.9 Å². The minimum atomic E-state index is -1.13. The summed E-state index contributed by atoms with van der Waals surface area (Å²) in [5.74, 6) is -2.21. The predicted molar refractivity (Wildman–Crippen MR) is 90.1 cm³/mol. The van der Waals surface area contributed by atoms with Gasteiger partial charge in [0.05, 0.1) is 6.04 Å². The predicted octanol–water partition coefficient (Wildman–Crippen LogP) is 0.287. The second-order valence-electron chi connectivity index (χ2n) is 6.09. The van der Waals surface area contributed by atoms with Crippen molar-refractivity contribution in [1.82, 2.24) is 10.6 Å². The lowest BCUT2D eigenvalue weighted by Crippen LogP contribution is -2.54. The molecule has 3 unspecified atom stereocenters. The molecule has 0 saturated heterocycles. The molecule has 5 N–H and O–H groups in total. The van der Waals surface area contributed by atoms with E-state index in [9.17, 15) is 19.5 Å². The Labute approximate surface area is 141 Å². The number of nitrogens with two attached hydrogens (primary N) is 1. The SMILES string of the molecule is CC(NC(=O)C(N)C(C)C)C(=O)NC(Cc1ccccc1)C(=O)O. The first-order chi connectivity index (χ1) is 11.2. The van der Waals surface area contributed by atoms with Crippen molar-refractivity contribution in [3.8, 4) is 0 Å². The number of carboxylic acids is 1. The summed E-state index contributed by atoms with van der Waals surface area (Å²) in [4.78, 5) is 35.4. The normalized spacial score (nSPS) is 14.5. The minimum Gasteiger partial charge on any atom is -0.480 e. The number of nitrogens with one attached hydrogen (secondary N) is 2. The summed E-state index contributed by atoms with van der Waals surface area (Å²) in [6.45, 7) is 5.09. The maximum Gasteiger partial charge on any atom is 0.326 e. The molecule has 0 aliphatic rings. The van der Waals surface area contributed by atoms with Gasteiger partial charge in [0.15, 0.2) is 0 Å². The first-order valence-electron chi connectivity index (χ1n) is 7.85. The highest BCUT2D eigenvalue weighted by Gasteiger charge is 2.26. The fourth-order valence-corrected chi connectivity index (χ4v) is 2.02. The Hall–Kier alpha value is -2.41. The molecule has 0 bridgehead atoms. The van der Waals surface area contributed by atoms with E-state index in [2.05, 4.69) is 10.6 Å². The lowest BCUT2D eigenvalue weighted by Gasteiger charge is -2.21. The second-order valence-corrected chi connectivity index (χ2v) is 6.09. The van der Waals surface area contributed by atoms with Crippen LogP contribution in [0.15, 0.2) is 30.3 Å². The first-order valence-corrected chi connectivity index (χ1v) is 7.85. The Morgan fingerprint density at radius 2 is 1.62 bits per heavy atom. The van der Waals surface area contributed by atoms with Gasteiger partial charge in [-0.3, -0.25) is 9.59 Å². The molecule has 1 aromatic carbocycles. The van der Waals surface area contributed by atoms with E-state index >= 15 is 0 Å². The summed E-state index contributed by atoms with van der Waals surface area (Å²) in [6.07, 6.45) is 0.161. The van der Waals surface area contributed by atoms with E-state index in [0.717, 1.165) is 5.56 Å². The number of rotatable bonds is 8. The van der Waals surface area contributed by atoms with Gasteiger partial charge in [0.2, 0.25) is 11.8 Å². The largest absolute Gasteiger partial charge is 0.480 e. The third kappa shape index (κ3) is 6.00. The molecular formula is C17H25N3O4. The summed E-state index contributed by atoms with van der Waals surface area (Å²) < 4.78 is 0. The van der Waals surface area contributed by atoms with Crippen LogP contribution in [-0.4, -0.2) is 41.0 Å². The van der Waals surface area contributed by atoms with Gasteiger partial charge in [0.25, 0.3) is 0 Å². The second kappa shape index (κ2) is 9.02. The topological polar surface area (TPSA) is 122 Å². The van der Waals surface area contributed by atoms with E-state index in [1.165, 1.54) is 6.92 Å². The Bertz CT molecular complexity index is 574. The zero-order valence-corrected chi connectivity index (χ0v) is 14.2. The van der Waals surface area contributed by atoms with Gasteiger partial charge in [-0.2, -0.15) is 0 Å². The van der Waals surface area contributed by atoms with Crippen LogP contribution in [0.3, 0.4) is 0 Å². The Kier molecular flexibility index (Phi) is 7.38. The van der Waals surface area contributed by atoms with Gasteiger partial charge in [-0.25, -0.2) is 4.79 Å². The standard InChI is InChI=1S/C17H25N3O4/c1-10(2)14(18)16(22)19-11(3)15(21)20-13(17(23)24)9-12-7-5-4-6-8-12/h4-8,10-11,13-14H,9,18H2,1-3H3,(H,19,22)(H,20,21)(H,23,24). The van der Waals surface area contributed by atoms with Crippen molar-refractivity contribution in [1.29, 1.82) is 0 Å². The summed E-state index contributed by atoms with van der Waals surface area (Å²) in [5.41, 5.74) is 6.52. The molecule has 0 heterocycles. The average molecular weight is 335 g/mol. The highest BCUT2D eigenvalue weighted by molar-refractivity contribution is 5.91. The van der Waals surface area contributed by atoms with Crippen LogP contribution in [0.5, 0.6) is 0 Å². The summed E-state index contributed by atoms with van der Waals surface area (Å²) >= 11 is 0. The van der Waals surface area contributed by atoms with Crippen molar-refractivity contribution < 1.29 is 19.5 Å². The summed E-state index contributed by atoms with van der Waals surface area (Å²) in [5, 5.41) is 14.2. The Morgan fingerprint density at radius 1 is 1.04 bits per heavy atom. The smallest absolute Gasteiger partial charge is 0.326 e. The van der Waals surface area contributed by atoms with Gasteiger partial charge in [0, 0.05) is 6.42 Å². The van der Waals surface area contributed by atoms with Crippen LogP contribution in [0.1, 0.15) is 26.3 Å². The first kappa shape index (κ1) is 19.6. The van der Waals surface area contributed by atoms with Crippen LogP contribution >= 0.6 is 0 Å². The van der Waals surface area contributed by atoms with Crippen molar-refractivity contribution >= 4 is 17.8 Å². The van der Waals surface area contributed by atoms with Crippen LogP contribution in [0, 0.1) is 5.92 Å². The molecule has 0 aliphatic carbocycles. The van der Waals surface area contributed by atoms with Crippen molar-refractivity contribution in [3.05, 3.63) is 35.9 Å². The highest BCUT2D eigenvalue weighted by atomic mass is 16.4. The molecule has 2 amide bonds. The lowest BCUT2D eigenvalue weighted by atomic mass is 10.0. The molecule has 0 aliphatic heterocycles. The van der Waals surface area contributed by atoms with E-state index in [-0.39, 0.29) is 12.3 Å². The molecule has 1 aromatic rings. The summed E-state index contributed by atoms with van der Waals surface area (Å²) in [6, 6.07) is 6.33. The van der Waals surface area contributed by atoms with Crippen molar-refractivity contribution in [3.63, 3.8) is 0 Å². The fraction of sp³-hybridized carbons (Fsp3) is 0.471. The number of carbonyl (C=O) groups is 3. The van der Waals surface area contributed by atoms with E-state index in [1.54, 1.807) is 38.1 Å². The molecule has 7 nitrogen and oxygen atoms in total. The van der Waals surface area contributed by atoms with Crippen LogP contribution in [0.2, 0.25) is 0 Å². The maximum atomic E-state index is 12.1. The third-order valence-electron chi connectivity index (χ3n) is 3.67. The van der Waals surface area contributed by atoms with Gasteiger partial charge in [0.1, 0.15) is 12.1 Å². The monoisotopic (exact) mass is 335 g/mol. The van der Waals surface area contributed by atoms with Crippen LogP contribution in [-0.2, 0) is 20.8 Å². The molecular weight excluding hydrogens is 310 g/mol. The fourth-order valence-electron chi connectivity index (χ4n) is 2.02. The average Bonchev–Trinajstić information content (AvgIpc) is 2.53. The van der Waals surface area contributed by atoms with Crippen molar-refractivity contribution in [2.24, 2.45) is 11.7 Å². The van der Waals surface area contributed by atoms with Gasteiger partial charge in [-0.1, -0.05) is 44.2 Å². The zero-order valence-electron chi connectivity index (χ0n) is 14.2. The molecule has 0 radical (unpaired) electrons. The van der Waals surface area contributed by atoms with Crippen LogP contribution in [0.4, 0.5) is 0 Å². The van der Waals surface area contributed by atoms with Crippen molar-refractivity contribution in [2.45, 2.75) is 45.3 Å². The number of carbonyl (C=O) groups excluding carboxylic acids is 2. The van der Waals surface area contributed by atoms with E-state index in [4.69, 9.17) is 5.73 Å². The number of amides is 2. The van der Waals surface area contributed by atoms with Gasteiger partial charge >= 0.3 is 5.97 Å². The summed E-state index contributed by atoms with van der Waals surface area (Å²) in [7, 11) is 0. The highest BCUT2D eigenvalue weighted by Crippen LogP contribution is 2.04. The van der Waals surface area contributed by atoms with Crippen LogP contribution < -0.4 is 16.4 Å². The quantitative estimate of drug-likeness (QED) is 0.544. The van der Waals surface area contributed by atoms with E-state index in [0.29, 0.717) is 0 Å². The molecule has 0 fully saturated rings. The Balaban J connectivity index is 2.64.